The number of amides is 3. The zero-order chi connectivity index (χ0) is 22.8. The summed E-state index contributed by atoms with van der Waals surface area (Å²) in [6.07, 6.45) is 1.23. The molecule has 0 aromatic carbocycles. The fourth-order valence-corrected chi connectivity index (χ4v) is 3.07. The smallest absolute Gasteiger partial charge is 0.325 e. The van der Waals surface area contributed by atoms with E-state index in [1.54, 1.807) is 0 Å². The lowest BCUT2D eigenvalue weighted by molar-refractivity contribution is -0.142. The zero-order valence-electron chi connectivity index (χ0n) is 17.6. The maximum Gasteiger partial charge on any atom is 0.325 e. The van der Waals surface area contributed by atoms with Crippen molar-refractivity contribution in [1.82, 2.24) is 21.3 Å². The summed E-state index contributed by atoms with van der Waals surface area (Å²) in [7, 11) is 0. The Morgan fingerprint density at radius 2 is 1.60 bits per heavy atom. The van der Waals surface area contributed by atoms with E-state index in [9.17, 15) is 24.0 Å². The maximum atomic E-state index is 12.8. The van der Waals surface area contributed by atoms with E-state index in [1.165, 1.54) is 6.92 Å². The molecule has 1 rings (SSSR count). The molecule has 11 heteroatoms. The molecule has 0 aliphatic carbocycles. The molecule has 3 amide bonds. The molecule has 1 fully saturated rings. The van der Waals surface area contributed by atoms with Gasteiger partial charge in [-0.2, -0.15) is 0 Å². The minimum atomic E-state index is -1.26. The molecule has 4 atom stereocenters. The number of carboxylic acid groups (broad SMARTS) is 2. The summed E-state index contributed by atoms with van der Waals surface area (Å²) in [5.74, 6) is -4.08. The summed E-state index contributed by atoms with van der Waals surface area (Å²) < 4.78 is 0. The lowest BCUT2D eigenvalue weighted by atomic mass is 10.0. The number of carbonyl (C=O) groups excluding carboxylic acids is 3. The van der Waals surface area contributed by atoms with Crippen molar-refractivity contribution in [2.75, 3.05) is 6.54 Å². The van der Waals surface area contributed by atoms with Gasteiger partial charge in [-0.1, -0.05) is 13.8 Å². The van der Waals surface area contributed by atoms with Gasteiger partial charge in [0, 0.05) is 6.42 Å². The molecular formula is C19H32N4O7. The molecule has 4 unspecified atom stereocenters. The number of carboxylic acids is 2. The predicted octanol–water partition coefficient (Wildman–Crippen LogP) is -0.792. The summed E-state index contributed by atoms with van der Waals surface area (Å²) in [4.78, 5) is 59.5. The van der Waals surface area contributed by atoms with Crippen LogP contribution < -0.4 is 21.3 Å². The molecule has 1 aliphatic heterocycles. The van der Waals surface area contributed by atoms with Gasteiger partial charge in [0.05, 0.1) is 6.04 Å². The second-order valence-corrected chi connectivity index (χ2v) is 7.90. The van der Waals surface area contributed by atoms with Crippen LogP contribution in [0.2, 0.25) is 0 Å². The zero-order valence-corrected chi connectivity index (χ0v) is 17.6. The van der Waals surface area contributed by atoms with E-state index >= 15 is 0 Å². The van der Waals surface area contributed by atoms with Gasteiger partial charge in [-0.25, -0.2) is 0 Å². The first-order valence-electron chi connectivity index (χ1n) is 10.1. The number of carbonyl (C=O) groups is 5. The van der Waals surface area contributed by atoms with Crippen LogP contribution in [0.5, 0.6) is 0 Å². The third-order valence-electron chi connectivity index (χ3n) is 4.73. The van der Waals surface area contributed by atoms with E-state index in [2.05, 4.69) is 21.3 Å². The standard InChI is InChI=1S/C19H32N4O7/c1-10(2)9-14(23-16(26)12-5-4-8-20-12)18(28)22-13(6-7-15(24)25)17(27)21-11(3)19(29)30/h10-14,20H,4-9H2,1-3H3,(H,21,27)(H,22,28)(H,23,26)(H,24,25)(H,29,30). The Bertz CT molecular complexity index is 647. The maximum absolute atomic E-state index is 12.8. The molecule has 11 nitrogen and oxygen atoms in total. The van der Waals surface area contributed by atoms with Gasteiger partial charge in [0.2, 0.25) is 17.7 Å². The van der Waals surface area contributed by atoms with Crippen molar-refractivity contribution in [3.05, 3.63) is 0 Å². The fourth-order valence-electron chi connectivity index (χ4n) is 3.07. The van der Waals surface area contributed by atoms with Gasteiger partial charge in [0.1, 0.15) is 18.1 Å². The Balaban J connectivity index is 2.87. The van der Waals surface area contributed by atoms with Crippen molar-refractivity contribution in [3.63, 3.8) is 0 Å². The molecular weight excluding hydrogens is 396 g/mol. The lowest BCUT2D eigenvalue weighted by Gasteiger charge is -2.25. The monoisotopic (exact) mass is 428 g/mol. The van der Waals surface area contributed by atoms with Gasteiger partial charge in [0.15, 0.2) is 0 Å². The summed E-state index contributed by atoms with van der Waals surface area (Å²) in [6, 6.07) is -3.74. The number of nitrogens with one attached hydrogen (secondary N) is 4. The van der Waals surface area contributed by atoms with E-state index in [0.717, 1.165) is 13.0 Å². The molecule has 0 bridgehead atoms. The first-order chi connectivity index (χ1) is 14.0. The largest absolute Gasteiger partial charge is 0.481 e. The van der Waals surface area contributed by atoms with E-state index in [-0.39, 0.29) is 24.3 Å². The van der Waals surface area contributed by atoms with E-state index < -0.39 is 48.3 Å². The second kappa shape index (κ2) is 12.1. The summed E-state index contributed by atoms with van der Waals surface area (Å²) >= 11 is 0. The van der Waals surface area contributed by atoms with Crippen LogP contribution >= 0.6 is 0 Å². The van der Waals surface area contributed by atoms with Gasteiger partial charge in [-0.15, -0.1) is 0 Å². The Hall–Kier alpha value is -2.69. The van der Waals surface area contributed by atoms with Gasteiger partial charge in [0.25, 0.3) is 0 Å². The first-order valence-corrected chi connectivity index (χ1v) is 10.1. The van der Waals surface area contributed by atoms with Crippen LogP contribution in [0.25, 0.3) is 0 Å². The van der Waals surface area contributed by atoms with Crippen molar-refractivity contribution in [2.45, 2.75) is 77.0 Å². The molecule has 0 spiro atoms. The average Bonchev–Trinajstić information content (AvgIpc) is 3.18. The molecule has 1 saturated heterocycles. The molecule has 6 N–H and O–H groups in total. The second-order valence-electron chi connectivity index (χ2n) is 7.90. The highest BCUT2D eigenvalue weighted by molar-refractivity contribution is 5.94. The van der Waals surface area contributed by atoms with Crippen molar-refractivity contribution in [1.29, 1.82) is 0 Å². The number of hydrogen-bond donors (Lipinski definition) is 6. The Morgan fingerprint density at radius 3 is 2.10 bits per heavy atom. The number of hydrogen-bond acceptors (Lipinski definition) is 6. The highest BCUT2D eigenvalue weighted by atomic mass is 16.4. The van der Waals surface area contributed by atoms with Crippen LogP contribution in [0.1, 0.15) is 52.9 Å². The van der Waals surface area contributed by atoms with Crippen LogP contribution in [-0.2, 0) is 24.0 Å². The van der Waals surface area contributed by atoms with Gasteiger partial charge in [-0.3, -0.25) is 24.0 Å². The molecule has 30 heavy (non-hydrogen) atoms. The van der Waals surface area contributed by atoms with Gasteiger partial charge < -0.3 is 31.5 Å². The first kappa shape index (κ1) is 25.3. The Labute approximate surface area is 175 Å². The predicted molar refractivity (Wildman–Crippen MR) is 106 cm³/mol. The SMILES string of the molecule is CC(C)CC(NC(=O)C1CCCN1)C(=O)NC(CCC(=O)O)C(=O)NC(C)C(=O)O. The fraction of sp³-hybridized carbons (Fsp3) is 0.737. The van der Waals surface area contributed by atoms with E-state index in [4.69, 9.17) is 10.2 Å². The summed E-state index contributed by atoms with van der Waals surface area (Å²) in [5, 5.41) is 28.3. The van der Waals surface area contributed by atoms with Gasteiger partial charge in [-0.05, 0) is 45.1 Å². The molecule has 1 aliphatic rings. The Kier molecular flexibility index (Phi) is 10.2. The topological polar surface area (TPSA) is 174 Å². The molecule has 0 aromatic heterocycles. The van der Waals surface area contributed by atoms with Crippen LogP contribution in [-0.4, -0.2) is 70.6 Å². The summed E-state index contributed by atoms with van der Waals surface area (Å²) in [5.41, 5.74) is 0. The van der Waals surface area contributed by atoms with Crippen molar-refractivity contribution < 1.29 is 34.2 Å². The summed E-state index contributed by atoms with van der Waals surface area (Å²) in [6.45, 7) is 5.73. The van der Waals surface area contributed by atoms with Crippen LogP contribution in [0, 0.1) is 5.92 Å². The molecule has 0 saturated carbocycles. The third kappa shape index (κ3) is 8.76. The molecule has 0 aromatic rings. The minimum absolute atomic E-state index is 0.0657. The lowest BCUT2D eigenvalue weighted by Crippen LogP contribution is -2.57. The highest BCUT2D eigenvalue weighted by Crippen LogP contribution is 2.10. The molecule has 170 valence electrons. The number of aliphatic carboxylic acids is 2. The van der Waals surface area contributed by atoms with Gasteiger partial charge >= 0.3 is 11.9 Å². The molecule has 1 heterocycles. The van der Waals surface area contributed by atoms with Crippen LogP contribution in [0.4, 0.5) is 0 Å². The average molecular weight is 428 g/mol. The quantitative estimate of drug-likeness (QED) is 0.234. The van der Waals surface area contributed by atoms with Crippen LogP contribution in [0.3, 0.4) is 0 Å². The van der Waals surface area contributed by atoms with Crippen molar-refractivity contribution in [2.24, 2.45) is 5.92 Å². The molecule has 0 radical (unpaired) electrons. The van der Waals surface area contributed by atoms with Crippen molar-refractivity contribution in [3.8, 4) is 0 Å². The van der Waals surface area contributed by atoms with Crippen LogP contribution in [0.15, 0.2) is 0 Å². The normalized spacial score (nSPS) is 18.9. The van der Waals surface area contributed by atoms with E-state index in [1.807, 2.05) is 13.8 Å². The highest BCUT2D eigenvalue weighted by Gasteiger charge is 2.31. The van der Waals surface area contributed by atoms with Crippen molar-refractivity contribution >= 4 is 29.7 Å². The third-order valence-corrected chi connectivity index (χ3v) is 4.73. The minimum Gasteiger partial charge on any atom is -0.481 e. The van der Waals surface area contributed by atoms with E-state index in [0.29, 0.717) is 12.8 Å². The Morgan fingerprint density at radius 1 is 0.967 bits per heavy atom. The number of rotatable bonds is 12.